The topological polar surface area (TPSA) is 40.6 Å². The molecule has 1 saturated heterocycles. The molecule has 0 spiro atoms. The molecule has 1 aromatic carbocycles. The van der Waals surface area contributed by atoms with Crippen LogP contribution in [0.3, 0.4) is 0 Å². The van der Waals surface area contributed by atoms with Crippen LogP contribution in [0.2, 0.25) is 5.02 Å². The highest BCUT2D eigenvalue weighted by Crippen LogP contribution is 2.24. The number of nitrogens with zero attached hydrogens (tertiary/aromatic N) is 2. The molecule has 0 N–H and O–H groups in total. The highest BCUT2D eigenvalue weighted by Gasteiger charge is 2.26. The van der Waals surface area contributed by atoms with Crippen LogP contribution in [-0.2, 0) is 9.59 Å². The first-order chi connectivity index (χ1) is 11.9. The van der Waals surface area contributed by atoms with Crippen molar-refractivity contribution < 1.29 is 9.59 Å². The molecule has 2 rings (SSSR count). The van der Waals surface area contributed by atoms with Crippen LogP contribution in [0.1, 0.15) is 25.3 Å². The number of rotatable bonds is 7. The van der Waals surface area contributed by atoms with E-state index in [1.807, 2.05) is 37.1 Å². The lowest BCUT2D eigenvalue weighted by atomic mass is 10.0. The monoisotopic (exact) mass is 382 g/mol. The second-order valence-corrected chi connectivity index (χ2v) is 8.11. The van der Waals surface area contributed by atoms with Gasteiger partial charge in [0.2, 0.25) is 5.91 Å². The van der Waals surface area contributed by atoms with Gasteiger partial charge in [0.1, 0.15) is 5.78 Å². The smallest absolute Gasteiger partial charge is 0.225 e. The molecule has 0 bridgehead atoms. The minimum absolute atomic E-state index is 0.0967. The summed E-state index contributed by atoms with van der Waals surface area (Å²) in [6.07, 6.45) is 2.90. The van der Waals surface area contributed by atoms with E-state index in [-0.39, 0.29) is 17.6 Å². The predicted octanol–water partition coefficient (Wildman–Crippen LogP) is 3.65. The van der Waals surface area contributed by atoms with Crippen molar-refractivity contribution in [2.45, 2.75) is 26.7 Å². The van der Waals surface area contributed by atoms with Crippen LogP contribution in [0.5, 0.6) is 0 Å². The minimum Gasteiger partial charge on any atom is -0.368 e. The third-order valence-electron chi connectivity index (χ3n) is 4.52. The summed E-state index contributed by atoms with van der Waals surface area (Å²) in [6, 6.07) is 6.04. The summed E-state index contributed by atoms with van der Waals surface area (Å²) in [7, 11) is 0. The molecule has 1 heterocycles. The van der Waals surface area contributed by atoms with E-state index in [0.29, 0.717) is 25.9 Å². The van der Waals surface area contributed by atoms with Gasteiger partial charge in [0.05, 0.1) is 0 Å². The number of thioether (sulfide) groups is 1. The largest absolute Gasteiger partial charge is 0.368 e. The quantitative estimate of drug-likeness (QED) is 0.721. The molecular weight excluding hydrogens is 356 g/mol. The fourth-order valence-electron chi connectivity index (χ4n) is 3.14. The third-order valence-corrected chi connectivity index (χ3v) is 5.35. The van der Waals surface area contributed by atoms with Crippen molar-refractivity contribution in [1.29, 1.82) is 0 Å². The van der Waals surface area contributed by atoms with Crippen LogP contribution in [-0.4, -0.2) is 54.8 Å². The lowest BCUT2D eigenvalue weighted by Crippen LogP contribution is -2.50. The van der Waals surface area contributed by atoms with Crippen LogP contribution in [0, 0.1) is 12.8 Å². The molecule has 1 atom stereocenters. The number of aryl methyl sites for hydroxylation is 1. The van der Waals surface area contributed by atoms with Crippen molar-refractivity contribution in [3.05, 3.63) is 28.8 Å². The second kappa shape index (κ2) is 9.48. The Balaban J connectivity index is 1.86. The van der Waals surface area contributed by atoms with Gasteiger partial charge in [-0.05, 0) is 42.7 Å². The second-order valence-electron chi connectivity index (χ2n) is 6.69. The summed E-state index contributed by atoms with van der Waals surface area (Å²) >= 11 is 7.81. The number of halogens is 1. The van der Waals surface area contributed by atoms with Gasteiger partial charge in [-0.15, -0.1) is 0 Å². The van der Waals surface area contributed by atoms with Crippen molar-refractivity contribution in [2.75, 3.05) is 43.1 Å². The first kappa shape index (κ1) is 20.1. The number of Topliss-reactive ketones (excluding diaryl/α,β-unsaturated/α-hetero) is 1. The number of carbonyl (C=O) groups excluding carboxylic acids is 2. The van der Waals surface area contributed by atoms with Gasteiger partial charge in [0.25, 0.3) is 0 Å². The Hall–Kier alpha value is -1.20. The first-order valence-corrected chi connectivity index (χ1v) is 10.5. The average Bonchev–Trinajstić information content (AvgIpc) is 2.58. The molecule has 1 aromatic rings. The molecule has 0 saturated carbocycles. The Bertz CT molecular complexity index is 595. The molecule has 1 fully saturated rings. The molecule has 4 nitrogen and oxygen atoms in total. The summed E-state index contributed by atoms with van der Waals surface area (Å²) in [5.41, 5.74) is 2.25. The summed E-state index contributed by atoms with van der Waals surface area (Å²) in [5.74, 6) is 0.884. The fourth-order valence-corrected chi connectivity index (χ4v) is 3.86. The van der Waals surface area contributed by atoms with Gasteiger partial charge in [-0.3, -0.25) is 9.59 Å². The Morgan fingerprint density at radius 3 is 2.48 bits per heavy atom. The van der Waals surface area contributed by atoms with Gasteiger partial charge >= 0.3 is 0 Å². The highest BCUT2D eigenvalue weighted by molar-refractivity contribution is 7.98. The molecule has 1 aliphatic rings. The molecule has 25 heavy (non-hydrogen) atoms. The van der Waals surface area contributed by atoms with Crippen LogP contribution in [0.4, 0.5) is 5.69 Å². The first-order valence-electron chi connectivity index (χ1n) is 8.72. The lowest BCUT2D eigenvalue weighted by Gasteiger charge is -2.37. The maximum Gasteiger partial charge on any atom is 0.225 e. The number of piperazine rings is 1. The Kier molecular flexibility index (Phi) is 7.63. The summed E-state index contributed by atoms with van der Waals surface area (Å²) in [4.78, 5) is 28.6. The average molecular weight is 383 g/mol. The molecule has 6 heteroatoms. The number of carbonyl (C=O) groups is 2. The van der Waals surface area contributed by atoms with E-state index in [2.05, 4.69) is 11.0 Å². The number of hydrogen-bond acceptors (Lipinski definition) is 4. The van der Waals surface area contributed by atoms with E-state index in [1.54, 1.807) is 11.8 Å². The summed E-state index contributed by atoms with van der Waals surface area (Å²) in [6.45, 7) is 6.86. The van der Waals surface area contributed by atoms with Crippen LogP contribution >= 0.6 is 23.4 Å². The number of amides is 1. The molecular formula is C19H27ClN2O2S. The van der Waals surface area contributed by atoms with Crippen LogP contribution < -0.4 is 4.90 Å². The van der Waals surface area contributed by atoms with Crippen molar-refractivity contribution in [3.63, 3.8) is 0 Å². The zero-order valence-corrected chi connectivity index (χ0v) is 16.8. The lowest BCUT2D eigenvalue weighted by molar-refractivity contribution is -0.137. The van der Waals surface area contributed by atoms with Crippen LogP contribution in [0.25, 0.3) is 0 Å². The predicted molar refractivity (Wildman–Crippen MR) is 107 cm³/mol. The Morgan fingerprint density at radius 1 is 1.20 bits per heavy atom. The van der Waals surface area contributed by atoms with E-state index in [4.69, 9.17) is 11.6 Å². The van der Waals surface area contributed by atoms with Gasteiger partial charge < -0.3 is 9.80 Å². The fraction of sp³-hybridized carbons (Fsp3) is 0.579. The van der Waals surface area contributed by atoms with Crippen molar-refractivity contribution in [1.82, 2.24) is 4.90 Å². The molecule has 0 radical (unpaired) electrons. The number of anilines is 1. The van der Waals surface area contributed by atoms with E-state index in [9.17, 15) is 9.59 Å². The van der Waals surface area contributed by atoms with Gasteiger partial charge in [-0.1, -0.05) is 18.5 Å². The number of hydrogen-bond donors (Lipinski definition) is 0. The van der Waals surface area contributed by atoms with Crippen molar-refractivity contribution in [2.24, 2.45) is 5.92 Å². The molecule has 138 valence electrons. The van der Waals surface area contributed by atoms with E-state index in [1.165, 1.54) is 0 Å². The Labute approximate surface area is 159 Å². The maximum absolute atomic E-state index is 12.6. The normalized spacial score (nSPS) is 16.0. The van der Waals surface area contributed by atoms with Gasteiger partial charge in [0, 0.05) is 55.6 Å². The zero-order valence-electron chi connectivity index (χ0n) is 15.3. The van der Waals surface area contributed by atoms with E-state index >= 15 is 0 Å². The standard InChI is InChI=1S/C19H27ClN2O2S/c1-14-10-16(20)13-17(11-14)21-5-7-22(8-6-21)19(24)15(2)12-18(23)4-9-25-3/h10-11,13,15H,4-9,12H2,1-3H3. The molecule has 0 aliphatic carbocycles. The van der Waals surface area contributed by atoms with Gasteiger partial charge in [0.15, 0.2) is 0 Å². The van der Waals surface area contributed by atoms with Crippen molar-refractivity contribution in [3.8, 4) is 0 Å². The number of benzene rings is 1. The third kappa shape index (κ3) is 5.93. The Morgan fingerprint density at radius 2 is 1.88 bits per heavy atom. The summed E-state index contributed by atoms with van der Waals surface area (Å²) < 4.78 is 0. The number of ketones is 1. The SMILES string of the molecule is CSCCC(=O)CC(C)C(=O)N1CCN(c2cc(C)cc(Cl)c2)CC1. The van der Waals surface area contributed by atoms with Gasteiger partial charge in [-0.2, -0.15) is 11.8 Å². The highest BCUT2D eigenvalue weighted by atomic mass is 35.5. The summed E-state index contributed by atoms with van der Waals surface area (Å²) in [5, 5.41) is 0.742. The van der Waals surface area contributed by atoms with E-state index in [0.717, 1.165) is 35.1 Å². The molecule has 0 aromatic heterocycles. The molecule has 1 amide bonds. The maximum atomic E-state index is 12.6. The molecule has 1 unspecified atom stereocenters. The minimum atomic E-state index is -0.227. The molecule has 1 aliphatic heterocycles. The van der Waals surface area contributed by atoms with E-state index < -0.39 is 0 Å². The zero-order chi connectivity index (χ0) is 18.4. The van der Waals surface area contributed by atoms with Crippen molar-refractivity contribution >= 4 is 40.7 Å². The van der Waals surface area contributed by atoms with Crippen LogP contribution in [0.15, 0.2) is 18.2 Å². The van der Waals surface area contributed by atoms with Gasteiger partial charge in [-0.25, -0.2) is 0 Å².